The lowest BCUT2D eigenvalue weighted by Crippen LogP contribution is -2.17. The van der Waals surface area contributed by atoms with Crippen LogP contribution in [0.25, 0.3) is 17.8 Å². The molecule has 0 fully saturated rings. The molecule has 5 nitrogen and oxygen atoms in total. The molecule has 0 bridgehead atoms. The third kappa shape index (κ3) is 3.61. The van der Waals surface area contributed by atoms with E-state index in [1.54, 1.807) is 6.33 Å². The molecule has 3 heterocycles. The van der Waals surface area contributed by atoms with Crippen LogP contribution in [0.3, 0.4) is 0 Å². The van der Waals surface area contributed by atoms with Gasteiger partial charge in [-0.05, 0) is 43.0 Å². The second-order valence-corrected chi connectivity index (χ2v) is 7.73. The third-order valence-corrected chi connectivity index (χ3v) is 5.56. The maximum Gasteiger partial charge on any atom is 0.174 e. The Bertz CT molecular complexity index is 1210. The average Bonchev–Trinajstić information content (AvgIpc) is 3.38. The van der Waals surface area contributed by atoms with Crippen molar-refractivity contribution >= 4 is 25.5 Å². The molecule has 0 amide bonds. The lowest BCUT2D eigenvalue weighted by atomic mass is 9.91. The molecule has 2 radical (unpaired) electrons. The summed E-state index contributed by atoms with van der Waals surface area (Å²) in [5, 5.41) is 4.71. The summed E-state index contributed by atoms with van der Waals surface area (Å²) in [6.07, 6.45) is 9.94. The van der Waals surface area contributed by atoms with E-state index in [-0.39, 0.29) is 0 Å². The Hall–Kier alpha value is -3.41. The molecule has 1 atom stereocenters. The first-order valence-electron chi connectivity index (χ1n) is 10.3. The second-order valence-electron chi connectivity index (χ2n) is 7.73. The van der Waals surface area contributed by atoms with Crippen molar-refractivity contribution in [2.24, 2.45) is 0 Å². The van der Waals surface area contributed by atoms with Crippen molar-refractivity contribution in [1.82, 2.24) is 24.3 Å². The largest absolute Gasteiger partial charge is 0.307 e. The van der Waals surface area contributed by atoms with Gasteiger partial charge >= 0.3 is 0 Å². The van der Waals surface area contributed by atoms with Gasteiger partial charge in [0.05, 0.1) is 12.0 Å². The first-order valence-corrected chi connectivity index (χ1v) is 10.3. The summed E-state index contributed by atoms with van der Waals surface area (Å²) in [6.45, 7) is 2.88. The van der Waals surface area contributed by atoms with E-state index in [2.05, 4.69) is 40.0 Å². The van der Waals surface area contributed by atoms with Gasteiger partial charge in [-0.3, -0.25) is 0 Å². The van der Waals surface area contributed by atoms with Gasteiger partial charge in [-0.25, -0.2) is 14.6 Å². The summed E-state index contributed by atoms with van der Waals surface area (Å²) >= 11 is 0. The normalized spacial score (nSPS) is 16.1. The standard InChI is InChI=1S/C24H22BN5/c1-17-15-29(16-26-17)22-11-9-18(14-21(22)25)10-12-23-27-24-20(8-5-13-30(24)28-23)19-6-3-2-4-7-19/h2-4,6-7,9-12,14-16,20H,5,8,13H2,1H3/b12-10+/t20-/m0/s1. The van der Waals surface area contributed by atoms with E-state index in [0.717, 1.165) is 48.0 Å². The number of imidazole rings is 1. The highest BCUT2D eigenvalue weighted by atomic mass is 15.4. The van der Waals surface area contributed by atoms with Crippen molar-refractivity contribution in [2.45, 2.75) is 32.2 Å². The zero-order chi connectivity index (χ0) is 20.5. The van der Waals surface area contributed by atoms with Gasteiger partial charge in [0.2, 0.25) is 0 Å². The van der Waals surface area contributed by atoms with Gasteiger partial charge in [-0.15, -0.1) is 0 Å². The monoisotopic (exact) mass is 391 g/mol. The van der Waals surface area contributed by atoms with Crippen LogP contribution in [0.4, 0.5) is 0 Å². The van der Waals surface area contributed by atoms with Crippen LogP contribution in [0.2, 0.25) is 0 Å². The quantitative estimate of drug-likeness (QED) is 0.499. The van der Waals surface area contributed by atoms with Crippen molar-refractivity contribution in [3.05, 3.63) is 89.5 Å². The molecular formula is C24H22BN5. The van der Waals surface area contributed by atoms with Crippen LogP contribution in [0.1, 0.15) is 47.2 Å². The SMILES string of the molecule is [B]c1cc(/C=C/c2nc3n(n2)CCC[C@H]3c2ccccc2)ccc1-n1cnc(C)c1. The Morgan fingerprint density at radius 3 is 2.73 bits per heavy atom. The number of aryl methyl sites for hydroxylation is 2. The fraction of sp³-hybridized carbons (Fsp3) is 0.208. The molecule has 1 aliphatic rings. The highest BCUT2D eigenvalue weighted by Crippen LogP contribution is 2.32. The predicted octanol–water partition coefficient (Wildman–Crippen LogP) is 3.66. The molecule has 2 aromatic carbocycles. The third-order valence-electron chi connectivity index (χ3n) is 5.56. The van der Waals surface area contributed by atoms with E-state index in [1.807, 2.05) is 48.0 Å². The Kier molecular flexibility index (Phi) is 4.83. The molecule has 0 saturated heterocycles. The minimum Gasteiger partial charge on any atom is -0.307 e. The maximum atomic E-state index is 6.28. The van der Waals surface area contributed by atoms with Gasteiger partial charge in [0.1, 0.15) is 13.7 Å². The Labute approximate surface area is 177 Å². The summed E-state index contributed by atoms with van der Waals surface area (Å²) < 4.78 is 3.99. The Morgan fingerprint density at radius 2 is 1.97 bits per heavy atom. The molecule has 0 unspecified atom stereocenters. The van der Waals surface area contributed by atoms with Crippen molar-refractivity contribution in [3.8, 4) is 5.69 Å². The molecule has 0 saturated carbocycles. The molecule has 2 aromatic heterocycles. The van der Waals surface area contributed by atoms with Crippen LogP contribution in [0.15, 0.2) is 61.1 Å². The number of hydrogen-bond donors (Lipinski definition) is 0. The number of fused-ring (bicyclic) bond motifs is 1. The lowest BCUT2D eigenvalue weighted by molar-refractivity contribution is 0.445. The van der Waals surface area contributed by atoms with E-state index in [1.165, 1.54) is 5.56 Å². The molecule has 6 heteroatoms. The van der Waals surface area contributed by atoms with Gasteiger partial charge in [0.15, 0.2) is 5.82 Å². The van der Waals surface area contributed by atoms with Crippen LogP contribution < -0.4 is 5.46 Å². The van der Waals surface area contributed by atoms with Crippen molar-refractivity contribution in [1.29, 1.82) is 0 Å². The highest BCUT2D eigenvalue weighted by molar-refractivity contribution is 6.34. The number of aromatic nitrogens is 5. The van der Waals surface area contributed by atoms with E-state index in [0.29, 0.717) is 11.4 Å². The number of rotatable bonds is 4. The van der Waals surface area contributed by atoms with Gasteiger partial charge < -0.3 is 4.57 Å². The number of hydrogen-bond acceptors (Lipinski definition) is 3. The van der Waals surface area contributed by atoms with Gasteiger partial charge in [-0.1, -0.05) is 54.0 Å². The van der Waals surface area contributed by atoms with E-state index in [9.17, 15) is 0 Å². The summed E-state index contributed by atoms with van der Waals surface area (Å²) in [4.78, 5) is 9.10. The Balaban J connectivity index is 1.39. The molecule has 146 valence electrons. The average molecular weight is 391 g/mol. The van der Waals surface area contributed by atoms with Crippen molar-refractivity contribution in [2.75, 3.05) is 0 Å². The van der Waals surface area contributed by atoms with Crippen LogP contribution >= 0.6 is 0 Å². The van der Waals surface area contributed by atoms with Crippen LogP contribution in [0, 0.1) is 6.92 Å². The molecule has 30 heavy (non-hydrogen) atoms. The zero-order valence-corrected chi connectivity index (χ0v) is 16.9. The first-order chi connectivity index (χ1) is 14.7. The van der Waals surface area contributed by atoms with E-state index >= 15 is 0 Å². The van der Waals surface area contributed by atoms with Crippen molar-refractivity contribution in [3.63, 3.8) is 0 Å². The smallest absolute Gasteiger partial charge is 0.174 e. The van der Waals surface area contributed by atoms with Gasteiger partial charge in [0.25, 0.3) is 0 Å². The first kappa shape index (κ1) is 18.6. The summed E-state index contributed by atoms with van der Waals surface area (Å²) in [6, 6.07) is 16.6. The molecule has 0 spiro atoms. The fourth-order valence-electron chi connectivity index (χ4n) is 4.08. The minimum absolute atomic E-state index is 0.308. The van der Waals surface area contributed by atoms with Crippen LogP contribution in [-0.2, 0) is 6.54 Å². The van der Waals surface area contributed by atoms with E-state index in [4.69, 9.17) is 17.9 Å². The van der Waals surface area contributed by atoms with Crippen LogP contribution in [0.5, 0.6) is 0 Å². The number of benzene rings is 2. The summed E-state index contributed by atoms with van der Waals surface area (Å²) in [5.74, 6) is 2.10. The summed E-state index contributed by atoms with van der Waals surface area (Å²) in [5.41, 5.74) is 4.91. The minimum atomic E-state index is 0.308. The molecule has 5 rings (SSSR count). The summed E-state index contributed by atoms with van der Waals surface area (Å²) in [7, 11) is 6.28. The predicted molar refractivity (Wildman–Crippen MR) is 120 cm³/mol. The molecule has 4 aromatic rings. The number of nitrogens with zero attached hydrogens (tertiary/aromatic N) is 5. The van der Waals surface area contributed by atoms with Crippen LogP contribution in [-0.4, -0.2) is 32.2 Å². The topological polar surface area (TPSA) is 48.5 Å². The molecule has 0 N–H and O–H groups in total. The fourth-order valence-corrected chi connectivity index (χ4v) is 4.08. The van der Waals surface area contributed by atoms with Gasteiger partial charge in [0, 0.05) is 24.3 Å². The molecule has 1 aliphatic heterocycles. The highest BCUT2D eigenvalue weighted by Gasteiger charge is 2.25. The Morgan fingerprint density at radius 1 is 1.10 bits per heavy atom. The zero-order valence-electron chi connectivity index (χ0n) is 16.9. The molecule has 0 aliphatic carbocycles. The molecular weight excluding hydrogens is 369 g/mol. The lowest BCUT2D eigenvalue weighted by Gasteiger charge is -2.22. The van der Waals surface area contributed by atoms with Gasteiger partial charge in [-0.2, -0.15) is 5.10 Å². The van der Waals surface area contributed by atoms with E-state index < -0.39 is 0 Å². The maximum absolute atomic E-state index is 6.28. The second kappa shape index (κ2) is 7.79. The van der Waals surface area contributed by atoms with Crippen molar-refractivity contribution < 1.29 is 0 Å².